The fourth-order valence-corrected chi connectivity index (χ4v) is 3.53. The molecular weight excluding hydrogens is 248 g/mol. The summed E-state index contributed by atoms with van der Waals surface area (Å²) in [5.41, 5.74) is 8.70. The second kappa shape index (κ2) is 4.79. The zero-order valence-corrected chi connectivity index (χ0v) is 11.3. The van der Waals surface area contributed by atoms with Crippen molar-refractivity contribution in [2.45, 2.75) is 25.7 Å². The van der Waals surface area contributed by atoms with Crippen molar-refractivity contribution in [2.75, 3.05) is 0 Å². The molecule has 20 heavy (non-hydrogen) atoms. The third-order valence-corrected chi connectivity index (χ3v) is 4.58. The number of hydrogen-bond donors (Lipinski definition) is 1. The van der Waals surface area contributed by atoms with Crippen molar-refractivity contribution in [3.8, 4) is 6.07 Å². The maximum absolute atomic E-state index is 11.9. The van der Waals surface area contributed by atoms with Crippen LogP contribution in [0, 0.1) is 29.1 Å². The first kappa shape index (κ1) is 12.9. The summed E-state index contributed by atoms with van der Waals surface area (Å²) in [6.45, 7) is 0. The highest BCUT2D eigenvalue weighted by atomic mass is 16.1. The summed E-state index contributed by atoms with van der Waals surface area (Å²) >= 11 is 0. The highest BCUT2D eigenvalue weighted by molar-refractivity contribution is 5.83. The normalized spacial score (nSPS) is 27.9. The van der Waals surface area contributed by atoms with Crippen molar-refractivity contribution >= 4 is 12.0 Å². The average molecular weight is 265 g/mol. The van der Waals surface area contributed by atoms with Crippen LogP contribution in [0.25, 0.3) is 6.08 Å². The molecule has 2 atom stereocenters. The number of primary amides is 1. The monoisotopic (exact) mass is 265 g/mol. The molecule has 3 heteroatoms. The summed E-state index contributed by atoms with van der Waals surface area (Å²) in [4.78, 5) is 11.9. The third kappa shape index (κ3) is 2.12. The smallest absolute Gasteiger partial charge is 0.224 e. The molecule has 3 nitrogen and oxygen atoms in total. The van der Waals surface area contributed by atoms with Crippen LogP contribution < -0.4 is 5.73 Å². The molecule has 0 saturated heterocycles. The number of allylic oxidation sites excluding steroid dienone is 1. The van der Waals surface area contributed by atoms with Crippen LogP contribution in [0.2, 0.25) is 0 Å². The van der Waals surface area contributed by atoms with Crippen LogP contribution >= 0.6 is 0 Å². The Bertz CT molecular complexity index is 626. The molecule has 0 aliphatic heterocycles. The molecule has 0 aromatic heterocycles. The van der Waals surface area contributed by atoms with E-state index in [9.17, 15) is 4.79 Å². The summed E-state index contributed by atoms with van der Waals surface area (Å²) in [6.07, 6.45) is 9.06. The molecule has 1 amide bonds. The number of carbonyl (C=O) groups is 1. The minimum atomic E-state index is -0.465. The fraction of sp³-hybridized carbons (Fsp3) is 0.353. The van der Waals surface area contributed by atoms with Crippen molar-refractivity contribution in [1.29, 1.82) is 5.26 Å². The van der Waals surface area contributed by atoms with E-state index in [-0.39, 0.29) is 5.91 Å². The van der Waals surface area contributed by atoms with Gasteiger partial charge in [-0.05, 0) is 60.8 Å². The molecule has 1 aromatic rings. The molecule has 1 radical (unpaired) electrons. The van der Waals surface area contributed by atoms with Crippen LogP contribution in [0.5, 0.6) is 0 Å². The molecule has 2 aliphatic rings. The van der Waals surface area contributed by atoms with Gasteiger partial charge in [0.25, 0.3) is 0 Å². The van der Waals surface area contributed by atoms with E-state index in [1.807, 2.05) is 12.1 Å². The summed E-state index contributed by atoms with van der Waals surface area (Å²) in [5.74, 6) is 0.259. The number of nitrogens with zero attached hydrogens (tertiary/aromatic N) is 1. The lowest BCUT2D eigenvalue weighted by molar-refractivity contribution is -0.125. The van der Waals surface area contributed by atoms with Crippen molar-refractivity contribution in [3.63, 3.8) is 0 Å². The third-order valence-electron chi connectivity index (χ3n) is 4.58. The van der Waals surface area contributed by atoms with E-state index in [1.54, 1.807) is 6.08 Å². The van der Waals surface area contributed by atoms with Gasteiger partial charge in [-0.3, -0.25) is 4.79 Å². The van der Waals surface area contributed by atoms with Crippen molar-refractivity contribution in [1.82, 2.24) is 0 Å². The molecule has 2 unspecified atom stereocenters. The average Bonchev–Trinajstić information content (AvgIpc) is 2.74. The SMILES string of the molecule is N#CC=Cc1ccc2c(c1)CC1(C(N)=O)[CH]C(CC1)C2. The van der Waals surface area contributed by atoms with Crippen LogP contribution in [0.3, 0.4) is 0 Å². The molecule has 2 bridgehead atoms. The molecule has 0 heterocycles. The van der Waals surface area contributed by atoms with Crippen molar-refractivity contribution in [2.24, 2.45) is 17.1 Å². The van der Waals surface area contributed by atoms with Crippen molar-refractivity contribution in [3.05, 3.63) is 47.4 Å². The van der Waals surface area contributed by atoms with E-state index in [0.29, 0.717) is 12.3 Å². The number of hydrogen-bond acceptors (Lipinski definition) is 2. The number of nitriles is 1. The largest absolute Gasteiger partial charge is 0.369 e. The fourth-order valence-electron chi connectivity index (χ4n) is 3.53. The Balaban J connectivity index is 2.00. The molecule has 1 fully saturated rings. The number of benzene rings is 1. The summed E-state index contributed by atoms with van der Waals surface area (Å²) in [6, 6.07) is 8.24. The van der Waals surface area contributed by atoms with E-state index >= 15 is 0 Å². The zero-order chi connectivity index (χ0) is 14.2. The van der Waals surface area contributed by atoms with Gasteiger partial charge in [-0.1, -0.05) is 18.2 Å². The number of nitrogens with two attached hydrogens (primary N) is 1. The van der Waals surface area contributed by atoms with Gasteiger partial charge in [-0.15, -0.1) is 0 Å². The molecule has 1 saturated carbocycles. The lowest BCUT2D eigenvalue weighted by Crippen LogP contribution is -2.37. The highest BCUT2D eigenvalue weighted by Gasteiger charge is 2.46. The lowest BCUT2D eigenvalue weighted by Gasteiger charge is -2.25. The molecule has 2 aliphatic carbocycles. The molecule has 3 rings (SSSR count). The second-order valence-electron chi connectivity index (χ2n) is 5.86. The Hall–Kier alpha value is -2.08. The predicted octanol–water partition coefficient (Wildman–Crippen LogP) is 2.41. The standard InChI is InChI=1S/C17H17N2O/c18-7-1-2-12-3-4-14-9-13-5-6-17(10-13,16(19)20)11-15(14)8-12/h1-4,8,10,13H,5-6,9,11H2,(H2,19,20). The van der Waals surface area contributed by atoms with Gasteiger partial charge in [0.1, 0.15) is 0 Å². The first-order valence-corrected chi connectivity index (χ1v) is 6.97. The molecule has 1 aromatic carbocycles. The Morgan fingerprint density at radius 1 is 1.45 bits per heavy atom. The Morgan fingerprint density at radius 3 is 3.05 bits per heavy atom. The van der Waals surface area contributed by atoms with Gasteiger partial charge in [-0.2, -0.15) is 5.26 Å². The van der Waals surface area contributed by atoms with E-state index in [2.05, 4.69) is 18.6 Å². The van der Waals surface area contributed by atoms with Gasteiger partial charge < -0.3 is 5.73 Å². The minimum Gasteiger partial charge on any atom is -0.369 e. The highest BCUT2D eigenvalue weighted by Crippen LogP contribution is 2.47. The van der Waals surface area contributed by atoms with Gasteiger partial charge in [0.2, 0.25) is 5.91 Å². The van der Waals surface area contributed by atoms with Crippen LogP contribution in [-0.2, 0) is 17.6 Å². The predicted molar refractivity (Wildman–Crippen MR) is 77.1 cm³/mol. The first-order valence-electron chi connectivity index (χ1n) is 6.97. The van der Waals surface area contributed by atoms with E-state index in [4.69, 9.17) is 11.0 Å². The van der Waals surface area contributed by atoms with Gasteiger partial charge >= 0.3 is 0 Å². The van der Waals surface area contributed by atoms with E-state index in [0.717, 1.165) is 24.8 Å². The number of carbonyl (C=O) groups excluding carboxylic acids is 1. The van der Waals surface area contributed by atoms with Crippen LogP contribution in [0.15, 0.2) is 24.3 Å². The number of amides is 1. The van der Waals surface area contributed by atoms with Gasteiger partial charge in [-0.25, -0.2) is 0 Å². The maximum atomic E-state index is 11.9. The first-order chi connectivity index (χ1) is 9.63. The summed E-state index contributed by atoms with van der Waals surface area (Å²) < 4.78 is 0. The Kier molecular flexibility index (Phi) is 3.10. The summed E-state index contributed by atoms with van der Waals surface area (Å²) in [5, 5.41) is 8.61. The van der Waals surface area contributed by atoms with Crippen LogP contribution in [0.1, 0.15) is 29.5 Å². The Morgan fingerprint density at radius 2 is 2.30 bits per heavy atom. The van der Waals surface area contributed by atoms with Gasteiger partial charge in [0.05, 0.1) is 11.5 Å². The van der Waals surface area contributed by atoms with Crippen LogP contribution in [0.4, 0.5) is 0 Å². The second-order valence-corrected chi connectivity index (χ2v) is 5.86. The van der Waals surface area contributed by atoms with Gasteiger partial charge in [0.15, 0.2) is 0 Å². The summed E-state index contributed by atoms with van der Waals surface area (Å²) in [7, 11) is 0. The maximum Gasteiger partial charge on any atom is 0.224 e. The quantitative estimate of drug-likeness (QED) is 0.834. The molecular formula is C17H17N2O. The van der Waals surface area contributed by atoms with E-state index in [1.165, 1.54) is 17.2 Å². The Labute approximate surface area is 119 Å². The van der Waals surface area contributed by atoms with Crippen LogP contribution in [-0.4, -0.2) is 5.91 Å². The van der Waals surface area contributed by atoms with Gasteiger partial charge in [0, 0.05) is 6.08 Å². The lowest BCUT2D eigenvalue weighted by atomic mass is 9.79. The molecule has 101 valence electrons. The molecule has 2 N–H and O–H groups in total. The van der Waals surface area contributed by atoms with E-state index < -0.39 is 5.41 Å². The topological polar surface area (TPSA) is 66.9 Å². The van der Waals surface area contributed by atoms with Crippen molar-refractivity contribution < 1.29 is 4.79 Å². The minimum absolute atomic E-state index is 0.203. The zero-order valence-electron chi connectivity index (χ0n) is 11.3. The number of rotatable bonds is 2. The number of fused-ring (bicyclic) bond motifs is 3. The molecule has 0 spiro atoms.